The van der Waals surface area contributed by atoms with Gasteiger partial charge in [0.2, 0.25) is 0 Å². The van der Waals surface area contributed by atoms with Gasteiger partial charge in [-0.2, -0.15) is 5.10 Å². The summed E-state index contributed by atoms with van der Waals surface area (Å²) in [5.41, 5.74) is 3.05. The van der Waals surface area contributed by atoms with Gasteiger partial charge in [0.05, 0.1) is 31.1 Å². The van der Waals surface area contributed by atoms with Crippen LogP contribution in [-0.2, 0) is 20.6 Å². The lowest BCUT2D eigenvalue weighted by Gasteiger charge is -2.38. The van der Waals surface area contributed by atoms with Crippen molar-refractivity contribution < 1.29 is 36.9 Å². The van der Waals surface area contributed by atoms with Crippen molar-refractivity contribution in [3.8, 4) is 5.75 Å². The molecule has 3 fully saturated rings. The molecule has 3 saturated heterocycles. The molecule has 236 valence electrons. The summed E-state index contributed by atoms with van der Waals surface area (Å²) < 4.78 is 58.9. The number of nitrogens with one attached hydrogen (secondary N) is 1. The molecule has 1 amide bonds. The van der Waals surface area contributed by atoms with Gasteiger partial charge < -0.3 is 29.2 Å². The fourth-order valence-corrected chi connectivity index (χ4v) is 6.33. The second-order valence-corrected chi connectivity index (χ2v) is 11.7. The van der Waals surface area contributed by atoms with Crippen LogP contribution < -0.4 is 10.1 Å². The van der Waals surface area contributed by atoms with E-state index in [4.69, 9.17) is 14.2 Å². The molecule has 1 aromatic carbocycles. The summed E-state index contributed by atoms with van der Waals surface area (Å²) in [6.45, 7) is 4.57. The van der Waals surface area contributed by atoms with Crippen molar-refractivity contribution in [1.82, 2.24) is 20.4 Å². The number of hydrogen-bond donors (Lipinski definition) is 1. The minimum absolute atomic E-state index is 0.00321. The van der Waals surface area contributed by atoms with Crippen LogP contribution in [0.2, 0.25) is 0 Å². The summed E-state index contributed by atoms with van der Waals surface area (Å²) in [5.74, 6) is -0.330. The Bertz CT molecular complexity index is 1210. The first-order valence-electron chi connectivity index (χ1n) is 15.2. The van der Waals surface area contributed by atoms with Crippen LogP contribution in [-0.4, -0.2) is 85.1 Å². The maximum atomic E-state index is 13.4. The summed E-state index contributed by atoms with van der Waals surface area (Å²) in [5, 5.41) is 12.1. The Morgan fingerprint density at radius 1 is 1.12 bits per heavy atom. The molecule has 0 bridgehead atoms. The van der Waals surface area contributed by atoms with E-state index in [0.29, 0.717) is 37.9 Å². The third-order valence-electron chi connectivity index (χ3n) is 8.82. The molecule has 4 atom stereocenters. The Balaban J connectivity index is 1.12. The highest BCUT2D eigenvalue weighted by molar-refractivity contribution is 5.93. The Hall–Kier alpha value is -2.80. The Labute approximate surface area is 250 Å². The first kappa shape index (κ1) is 31.6. The van der Waals surface area contributed by atoms with Gasteiger partial charge in [-0.05, 0) is 87.1 Å². The van der Waals surface area contributed by atoms with E-state index in [0.717, 1.165) is 68.2 Å². The molecule has 1 N–H and O–H groups in total. The predicted octanol–water partition coefficient (Wildman–Crippen LogP) is 4.92. The highest BCUT2D eigenvalue weighted by Gasteiger charge is 2.33. The van der Waals surface area contributed by atoms with Crippen molar-refractivity contribution in [2.24, 2.45) is 0 Å². The molecule has 1 aromatic heterocycles. The molecule has 0 radical (unpaired) electrons. The van der Waals surface area contributed by atoms with Crippen molar-refractivity contribution in [2.45, 2.75) is 95.0 Å². The predicted molar refractivity (Wildman–Crippen MR) is 152 cm³/mol. The van der Waals surface area contributed by atoms with Crippen LogP contribution in [0.3, 0.4) is 0 Å². The molecule has 0 spiro atoms. The third kappa shape index (κ3) is 8.43. The number of rotatable bonds is 9. The number of aryl methyl sites for hydroxylation is 1. The van der Waals surface area contributed by atoms with Gasteiger partial charge in [0.25, 0.3) is 5.91 Å². The Morgan fingerprint density at radius 2 is 1.88 bits per heavy atom. The monoisotopic (exact) mass is 606 g/mol. The number of likely N-dealkylation sites (tertiary alicyclic amines) is 1. The van der Waals surface area contributed by atoms with Gasteiger partial charge in [-0.15, -0.1) is 18.3 Å². The topological polar surface area (TPSA) is 95.0 Å². The number of amides is 1. The van der Waals surface area contributed by atoms with Gasteiger partial charge in [-0.3, -0.25) is 4.79 Å². The number of nitrogens with zero attached hydrogens (tertiary/aromatic N) is 3. The van der Waals surface area contributed by atoms with Crippen LogP contribution in [0.4, 0.5) is 13.2 Å². The molecule has 43 heavy (non-hydrogen) atoms. The number of halogens is 3. The van der Waals surface area contributed by atoms with Crippen molar-refractivity contribution >= 4 is 5.91 Å². The largest absolute Gasteiger partial charge is 0.573 e. The van der Waals surface area contributed by atoms with Crippen molar-refractivity contribution in [3.05, 3.63) is 52.8 Å². The molecule has 0 unspecified atom stereocenters. The van der Waals surface area contributed by atoms with Crippen LogP contribution in [0.15, 0.2) is 30.5 Å². The number of carbonyl (C=O) groups is 1. The van der Waals surface area contributed by atoms with Crippen LogP contribution in [0.5, 0.6) is 5.75 Å². The first-order valence-corrected chi connectivity index (χ1v) is 15.2. The average Bonchev–Trinajstić information content (AvgIpc) is 3.01. The number of hydrogen-bond acceptors (Lipinski definition) is 8. The first-order chi connectivity index (χ1) is 20.7. The third-order valence-corrected chi connectivity index (χ3v) is 8.82. The number of carbonyl (C=O) groups excluding carboxylic acids is 1. The quantitative estimate of drug-likeness (QED) is 0.430. The summed E-state index contributed by atoms with van der Waals surface area (Å²) in [6.07, 6.45) is 3.61. The molecule has 0 saturated carbocycles. The maximum Gasteiger partial charge on any atom is 0.573 e. The van der Waals surface area contributed by atoms with E-state index in [9.17, 15) is 18.0 Å². The number of alkyl halides is 3. The summed E-state index contributed by atoms with van der Waals surface area (Å²) in [7, 11) is 1.72. The fourth-order valence-electron chi connectivity index (χ4n) is 6.33. The SMILES string of the molecule is CO[C@@H]1COCC[C@@H]1NC1CCN(C(=O)c2nncc(CC[C@H]3CCC[C@@H](c4ccc(OC(F)(F)F)cc4)O3)c2C)CC1. The van der Waals surface area contributed by atoms with Crippen molar-refractivity contribution in [2.75, 3.05) is 33.4 Å². The standard InChI is InChI=1S/C31H41F3N4O5/c1-20-22(8-9-24-4-3-5-27(42-24)21-6-10-25(11-7-21)43-31(32,33)34)18-35-37-29(20)30(39)38-15-12-23(13-16-38)36-26-14-17-41-19-28(26)40-2/h6-7,10-11,18,23-24,26-28,36H,3-5,8-9,12-17,19H2,1-2H3/t24-,26+,27+,28-/m1/s1. The Morgan fingerprint density at radius 3 is 2.60 bits per heavy atom. The van der Waals surface area contributed by atoms with E-state index in [1.807, 2.05) is 11.8 Å². The minimum Gasteiger partial charge on any atom is -0.406 e. The van der Waals surface area contributed by atoms with E-state index in [1.165, 1.54) is 12.1 Å². The number of piperidine rings is 1. The van der Waals surface area contributed by atoms with Crippen LogP contribution in [0, 0.1) is 6.92 Å². The molecule has 12 heteroatoms. The Kier molecular flexibility index (Phi) is 10.5. The van der Waals surface area contributed by atoms with Crippen LogP contribution >= 0.6 is 0 Å². The maximum absolute atomic E-state index is 13.4. The van der Waals surface area contributed by atoms with Gasteiger partial charge in [0, 0.05) is 38.9 Å². The van der Waals surface area contributed by atoms with Crippen molar-refractivity contribution in [3.63, 3.8) is 0 Å². The second-order valence-electron chi connectivity index (χ2n) is 11.7. The lowest BCUT2D eigenvalue weighted by Crippen LogP contribution is -2.54. The highest BCUT2D eigenvalue weighted by atomic mass is 19.4. The van der Waals surface area contributed by atoms with Gasteiger partial charge in [-0.1, -0.05) is 12.1 Å². The molecule has 5 rings (SSSR count). The minimum atomic E-state index is -4.72. The number of methoxy groups -OCH3 is 1. The van der Waals surface area contributed by atoms with E-state index in [2.05, 4.69) is 20.3 Å². The number of ether oxygens (including phenoxy) is 4. The van der Waals surface area contributed by atoms with E-state index in [-0.39, 0.29) is 36.0 Å². The summed E-state index contributed by atoms with van der Waals surface area (Å²) in [4.78, 5) is 15.3. The van der Waals surface area contributed by atoms with E-state index >= 15 is 0 Å². The van der Waals surface area contributed by atoms with E-state index < -0.39 is 6.36 Å². The smallest absolute Gasteiger partial charge is 0.406 e. The molecule has 3 aliphatic heterocycles. The summed E-state index contributed by atoms with van der Waals surface area (Å²) >= 11 is 0. The molecule has 9 nitrogen and oxygen atoms in total. The molecule has 4 heterocycles. The lowest BCUT2D eigenvalue weighted by atomic mass is 9.94. The molecule has 3 aliphatic rings. The highest BCUT2D eigenvalue weighted by Crippen LogP contribution is 2.34. The lowest BCUT2D eigenvalue weighted by molar-refractivity contribution is -0.274. The van der Waals surface area contributed by atoms with Crippen LogP contribution in [0.1, 0.15) is 78.2 Å². The zero-order valence-electron chi connectivity index (χ0n) is 24.8. The van der Waals surface area contributed by atoms with Gasteiger partial charge in [0.1, 0.15) is 5.75 Å². The fraction of sp³-hybridized carbons (Fsp3) is 0.645. The normalized spacial score (nSPS) is 25.5. The van der Waals surface area contributed by atoms with Crippen molar-refractivity contribution in [1.29, 1.82) is 0 Å². The second kappa shape index (κ2) is 14.3. The number of benzene rings is 1. The summed E-state index contributed by atoms with van der Waals surface area (Å²) in [6, 6.07) is 6.49. The van der Waals surface area contributed by atoms with E-state index in [1.54, 1.807) is 25.4 Å². The zero-order chi connectivity index (χ0) is 30.4. The molecule has 2 aromatic rings. The average molecular weight is 607 g/mol. The van der Waals surface area contributed by atoms with Gasteiger partial charge >= 0.3 is 6.36 Å². The number of aromatic nitrogens is 2. The molecular formula is C31H41F3N4O5. The molecule has 0 aliphatic carbocycles. The molecular weight excluding hydrogens is 565 g/mol. The van der Waals surface area contributed by atoms with Gasteiger partial charge in [-0.25, -0.2) is 0 Å². The van der Waals surface area contributed by atoms with Gasteiger partial charge in [0.15, 0.2) is 5.69 Å². The van der Waals surface area contributed by atoms with Crippen LogP contribution in [0.25, 0.3) is 0 Å². The zero-order valence-corrected chi connectivity index (χ0v) is 24.8.